The third-order valence-electron chi connectivity index (χ3n) is 2.40. The number of hydrogen-bond acceptors (Lipinski definition) is 4. The lowest BCUT2D eigenvalue weighted by atomic mass is 10.1. The molecule has 0 spiro atoms. The molecule has 0 aromatic carbocycles. The van der Waals surface area contributed by atoms with E-state index in [1.165, 1.54) is 0 Å². The molecule has 6 nitrogen and oxygen atoms in total. The summed E-state index contributed by atoms with van der Waals surface area (Å²) in [5.41, 5.74) is 7.20. The van der Waals surface area contributed by atoms with E-state index in [9.17, 15) is 4.79 Å². The highest BCUT2D eigenvalue weighted by Gasteiger charge is 2.12. The Balaban J connectivity index is 2.31. The number of carboxylic acid groups (broad SMARTS) is 1. The van der Waals surface area contributed by atoms with Crippen LogP contribution in [0.25, 0.3) is 5.65 Å². The maximum Gasteiger partial charge on any atom is 0.320 e. The van der Waals surface area contributed by atoms with E-state index in [1.54, 1.807) is 28.9 Å². The molecule has 0 fully saturated rings. The van der Waals surface area contributed by atoms with Crippen LogP contribution in [0.15, 0.2) is 24.5 Å². The summed E-state index contributed by atoms with van der Waals surface area (Å²) in [6, 6.07) is 4.50. The number of fused-ring (bicyclic) bond motifs is 1. The van der Waals surface area contributed by atoms with Gasteiger partial charge < -0.3 is 15.2 Å². The Morgan fingerprint density at radius 1 is 1.59 bits per heavy atom. The Bertz CT molecular complexity index is 611. The Hall–Kier alpha value is -2.39. The van der Waals surface area contributed by atoms with Crippen LogP contribution in [-0.2, 0) is 11.2 Å². The highest BCUT2D eigenvalue weighted by atomic mass is 16.4. The van der Waals surface area contributed by atoms with Crippen molar-refractivity contribution in [3.05, 3.63) is 35.8 Å². The normalized spacial score (nSPS) is 12.2. The van der Waals surface area contributed by atoms with E-state index in [-0.39, 0.29) is 6.42 Å². The van der Waals surface area contributed by atoms with Crippen LogP contribution < -0.4 is 5.73 Å². The molecule has 3 N–H and O–H groups in total. The topological polar surface area (TPSA) is 104 Å². The first-order valence-electron chi connectivity index (χ1n) is 4.96. The molecule has 2 rings (SSSR count). The van der Waals surface area contributed by atoms with Crippen LogP contribution in [0.3, 0.4) is 0 Å². The van der Waals surface area contributed by atoms with Gasteiger partial charge in [-0.1, -0.05) is 6.07 Å². The lowest BCUT2D eigenvalue weighted by Crippen LogP contribution is -2.32. The molecule has 0 bridgehead atoms. The van der Waals surface area contributed by atoms with Crippen LogP contribution in [0.2, 0.25) is 0 Å². The second-order valence-electron chi connectivity index (χ2n) is 3.69. The average molecular weight is 230 g/mol. The Morgan fingerprint density at radius 2 is 2.35 bits per heavy atom. The van der Waals surface area contributed by atoms with Crippen molar-refractivity contribution >= 4 is 11.6 Å². The molecule has 0 saturated heterocycles. The minimum Gasteiger partial charge on any atom is -0.480 e. The van der Waals surface area contributed by atoms with Gasteiger partial charge in [-0.3, -0.25) is 4.79 Å². The number of imidazole rings is 1. The van der Waals surface area contributed by atoms with Gasteiger partial charge in [0.25, 0.3) is 0 Å². The van der Waals surface area contributed by atoms with Crippen molar-refractivity contribution < 1.29 is 9.90 Å². The molecule has 0 radical (unpaired) electrons. The standard InChI is InChI=1S/C11H10N4O2/c12-4-8-6-15-5-7(1-2-10(15)14-8)3-9(13)11(16)17/h1-2,5-6,9H,3,13H2,(H,16,17). The predicted molar refractivity (Wildman–Crippen MR) is 59.2 cm³/mol. The van der Waals surface area contributed by atoms with Crippen LogP contribution in [0.5, 0.6) is 0 Å². The molecule has 0 aliphatic rings. The first-order chi connectivity index (χ1) is 8.10. The summed E-state index contributed by atoms with van der Waals surface area (Å²) in [6.45, 7) is 0. The van der Waals surface area contributed by atoms with Gasteiger partial charge in [-0.05, 0) is 18.1 Å². The maximum atomic E-state index is 10.6. The van der Waals surface area contributed by atoms with Crippen molar-refractivity contribution in [2.24, 2.45) is 5.73 Å². The lowest BCUT2D eigenvalue weighted by Gasteiger charge is -2.06. The van der Waals surface area contributed by atoms with Gasteiger partial charge in [0.1, 0.15) is 17.8 Å². The number of nitrogens with two attached hydrogens (primary N) is 1. The van der Waals surface area contributed by atoms with Crippen LogP contribution in [0, 0.1) is 11.3 Å². The van der Waals surface area contributed by atoms with Crippen LogP contribution in [0.4, 0.5) is 0 Å². The predicted octanol–water partition coefficient (Wildman–Crippen LogP) is 0.160. The zero-order valence-corrected chi connectivity index (χ0v) is 8.87. The van der Waals surface area contributed by atoms with Gasteiger partial charge in [-0.25, -0.2) is 4.98 Å². The number of pyridine rings is 1. The van der Waals surface area contributed by atoms with Gasteiger partial charge in [-0.2, -0.15) is 5.26 Å². The molecule has 0 aliphatic carbocycles. The highest BCUT2D eigenvalue weighted by molar-refractivity contribution is 5.73. The van der Waals surface area contributed by atoms with E-state index < -0.39 is 12.0 Å². The molecule has 0 aliphatic heterocycles. The summed E-state index contributed by atoms with van der Waals surface area (Å²) in [7, 11) is 0. The van der Waals surface area contributed by atoms with E-state index >= 15 is 0 Å². The van der Waals surface area contributed by atoms with Gasteiger partial charge in [-0.15, -0.1) is 0 Å². The Labute approximate surface area is 96.9 Å². The largest absolute Gasteiger partial charge is 0.480 e. The Kier molecular flexibility index (Phi) is 2.77. The van der Waals surface area contributed by atoms with Crippen molar-refractivity contribution in [3.63, 3.8) is 0 Å². The summed E-state index contributed by atoms with van der Waals surface area (Å²) in [4.78, 5) is 14.7. The summed E-state index contributed by atoms with van der Waals surface area (Å²) >= 11 is 0. The van der Waals surface area contributed by atoms with Gasteiger partial charge in [0.05, 0.1) is 0 Å². The summed E-state index contributed by atoms with van der Waals surface area (Å²) in [6.07, 6.45) is 3.56. The van der Waals surface area contributed by atoms with E-state index in [1.807, 2.05) is 6.07 Å². The van der Waals surface area contributed by atoms with E-state index in [0.717, 1.165) is 5.56 Å². The number of nitriles is 1. The molecule has 6 heteroatoms. The number of rotatable bonds is 3. The van der Waals surface area contributed by atoms with E-state index in [0.29, 0.717) is 11.3 Å². The highest BCUT2D eigenvalue weighted by Crippen LogP contribution is 2.09. The lowest BCUT2D eigenvalue weighted by molar-refractivity contribution is -0.138. The van der Waals surface area contributed by atoms with Gasteiger partial charge >= 0.3 is 5.97 Å². The quantitative estimate of drug-likeness (QED) is 0.781. The fraction of sp³-hybridized carbons (Fsp3) is 0.182. The van der Waals surface area contributed by atoms with Crippen molar-refractivity contribution in [1.29, 1.82) is 5.26 Å². The molecule has 0 saturated carbocycles. The fourth-order valence-electron chi connectivity index (χ4n) is 1.55. The third-order valence-corrected chi connectivity index (χ3v) is 2.40. The van der Waals surface area contributed by atoms with Crippen molar-refractivity contribution in [1.82, 2.24) is 9.38 Å². The van der Waals surface area contributed by atoms with Crippen molar-refractivity contribution in [2.45, 2.75) is 12.5 Å². The monoisotopic (exact) mass is 230 g/mol. The van der Waals surface area contributed by atoms with Crippen LogP contribution in [-0.4, -0.2) is 26.5 Å². The van der Waals surface area contributed by atoms with Gasteiger partial charge in [0.15, 0.2) is 5.69 Å². The van der Waals surface area contributed by atoms with Crippen LogP contribution >= 0.6 is 0 Å². The number of hydrogen-bond donors (Lipinski definition) is 2. The molecule has 86 valence electrons. The summed E-state index contributed by atoms with van der Waals surface area (Å²) in [5.74, 6) is -1.03. The number of aliphatic carboxylic acids is 1. The summed E-state index contributed by atoms with van der Waals surface area (Å²) in [5, 5.41) is 17.4. The zero-order chi connectivity index (χ0) is 12.4. The van der Waals surface area contributed by atoms with Crippen molar-refractivity contribution in [2.75, 3.05) is 0 Å². The fourth-order valence-corrected chi connectivity index (χ4v) is 1.55. The number of carbonyl (C=O) groups is 1. The second-order valence-corrected chi connectivity index (χ2v) is 3.69. The first kappa shape index (κ1) is 11.1. The molecule has 1 unspecified atom stereocenters. The van der Waals surface area contributed by atoms with Crippen molar-refractivity contribution in [3.8, 4) is 6.07 Å². The Morgan fingerprint density at radius 3 is 3.00 bits per heavy atom. The molecular weight excluding hydrogens is 220 g/mol. The first-order valence-corrected chi connectivity index (χ1v) is 4.96. The average Bonchev–Trinajstić information content (AvgIpc) is 2.70. The third kappa shape index (κ3) is 2.24. The molecular formula is C11H10N4O2. The molecule has 0 amide bonds. The second kappa shape index (κ2) is 4.23. The van der Waals surface area contributed by atoms with E-state index in [2.05, 4.69) is 4.98 Å². The molecule has 2 aromatic heterocycles. The number of nitrogens with zero attached hydrogens (tertiary/aromatic N) is 3. The number of aromatic nitrogens is 2. The van der Waals surface area contributed by atoms with E-state index in [4.69, 9.17) is 16.1 Å². The smallest absolute Gasteiger partial charge is 0.320 e. The molecule has 1 atom stereocenters. The van der Waals surface area contributed by atoms with Gasteiger partial charge in [0.2, 0.25) is 0 Å². The minimum absolute atomic E-state index is 0.241. The zero-order valence-electron chi connectivity index (χ0n) is 8.87. The molecule has 17 heavy (non-hydrogen) atoms. The number of carboxylic acids is 1. The molecule has 2 aromatic rings. The SMILES string of the molecule is N#Cc1cn2cc(CC(N)C(=O)O)ccc2n1. The molecule has 2 heterocycles. The van der Waals surface area contributed by atoms with Gasteiger partial charge in [0, 0.05) is 12.4 Å². The minimum atomic E-state index is -1.03. The van der Waals surface area contributed by atoms with Crippen LogP contribution in [0.1, 0.15) is 11.3 Å². The maximum absolute atomic E-state index is 10.6. The summed E-state index contributed by atoms with van der Waals surface area (Å²) < 4.78 is 1.68.